The second-order valence-electron chi connectivity index (χ2n) is 6.33. The summed E-state index contributed by atoms with van der Waals surface area (Å²) in [5.41, 5.74) is -0.229. The Labute approximate surface area is 140 Å². The van der Waals surface area contributed by atoms with Crippen LogP contribution in [0.5, 0.6) is 0 Å². The summed E-state index contributed by atoms with van der Waals surface area (Å²) in [6, 6.07) is 5.73. The van der Waals surface area contributed by atoms with E-state index in [1.165, 1.54) is 31.2 Å². The number of benzene rings is 1. The molecule has 0 radical (unpaired) electrons. The van der Waals surface area contributed by atoms with E-state index in [1.807, 2.05) is 6.92 Å². The standard InChI is InChI=1S/C18H22F2N2O2/c1-4-15(23)18(19,20)13-7-6-8-14(11-13)21-17(3)9-10-22(12-17)16(24)5-2/h5-8,11,21H,2,4,9-10,12H2,1,3H3. The van der Waals surface area contributed by atoms with Crippen molar-refractivity contribution >= 4 is 17.4 Å². The molecule has 1 atom stereocenters. The van der Waals surface area contributed by atoms with Crippen molar-refractivity contribution in [2.45, 2.75) is 38.2 Å². The Balaban J connectivity index is 2.17. The highest BCUT2D eigenvalue weighted by molar-refractivity contribution is 5.87. The van der Waals surface area contributed by atoms with Crippen LogP contribution in [0.2, 0.25) is 0 Å². The maximum Gasteiger partial charge on any atom is 0.330 e. The lowest BCUT2D eigenvalue weighted by molar-refractivity contribution is -0.144. The lowest BCUT2D eigenvalue weighted by atomic mass is 9.99. The summed E-state index contributed by atoms with van der Waals surface area (Å²) in [6.45, 7) is 7.88. The molecule has 1 saturated heterocycles. The average molecular weight is 336 g/mol. The molecule has 1 heterocycles. The maximum atomic E-state index is 14.1. The minimum Gasteiger partial charge on any atom is -0.378 e. The monoisotopic (exact) mass is 336 g/mol. The number of anilines is 1. The van der Waals surface area contributed by atoms with E-state index < -0.39 is 17.2 Å². The molecule has 1 aromatic carbocycles. The largest absolute Gasteiger partial charge is 0.378 e. The van der Waals surface area contributed by atoms with Crippen LogP contribution in [0.25, 0.3) is 0 Å². The molecule has 1 amide bonds. The summed E-state index contributed by atoms with van der Waals surface area (Å²) in [5.74, 6) is -4.74. The van der Waals surface area contributed by atoms with E-state index in [0.717, 1.165) is 0 Å². The zero-order valence-electron chi connectivity index (χ0n) is 13.9. The van der Waals surface area contributed by atoms with E-state index in [-0.39, 0.29) is 17.9 Å². The van der Waals surface area contributed by atoms with Gasteiger partial charge in [-0.15, -0.1) is 0 Å². The summed E-state index contributed by atoms with van der Waals surface area (Å²) in [5, 5.41) is 3.22. The highest BCUT2D eigenvalue weighted by Gasteiger charge is 2.40. The number of carbonyl (C=O) groups excluding carboxylic acids is 2. The van der Waals surface area contributed by atoms with Crippen LogP contribution in [-0.4, -0.2) is 35.2 Å². The summed E-state index contributed by atoms with van der Waals surface area (Å²) in [7, 11) is 0. The number of nitrogens with zero attached hydrogens (tertiary/aromatic N) is 1. The Hall–Kier alpha value is -2.24. The number of carbonyl (C=O) groups is 2. The Morgan fingerprint density at radius 2 is 2.17 bits per heavy atom. The Bertz CT molecular complexity index is 660. The van der Waals surface area contributed by atoms with E-state index in [4.69, 9.17) is 0 Å². The minimum atomic E-state index is -3.49. The van der Waals surface area contributed by atoms with Gasteiger partial charge in [-0.3, -0.25) is 9.59 Å². The number of ketones is 1. The van der Waals surface area contributed by atoms with Gasteiger partial charge >= 0.3 is 5.92 Å². The normalized spacial score (nSPS) is 20.8. The lowest BCUT2D eigenvalue weighted by Gasteiger charge is -2.28. The predicted molar refractivity (Wildman–Crippen MR) is 89.1 cm³/mol. The second kappa shape index (κ2) is 6.71. The number of amides is 1. The van der Waals surface area contributed by atoms with Crippen molar-refractivity contribution in [1.82, 2.24) is 4.90 Å². The molecule has 1 aliphatic heterocycles. The molecule has 0 aromatic heterocycles. The minimum absolute atomic E-state index is 0.144. The van der Waals surface area contributed by atoms with Gasteiger partial charge in [-0.25, -0.2) is 0 Å². The first-order valence-corrected chi connectivity index (χ1v) is 7.93. The molecule has 4 nitrogen and oxygen atoms in total. The number of Topliss-reactive ketones (excluding diaryl/α,β-unsaturated/α-hetero) is 1. The third-order valence-electron chi connectivity index (χ3n) is 4.30. The van der Waals surface area contributed by atoms with Crippen molar-refractivity contribution in [1.29, 1.82) is 0 Å². The first-order valence-electron chi connectivity index (χ1n) is 7.93. The fourth-order valence-corrected chi connectivity index (χ4v) is 2.90. The molecule has 1 fully saturated rings. The third kappa shape index (κ3) is 3.63. The summed E-state index contributed by atoms with van der Waals surface area (Å²) in [6.07, 6.45) is 1.74. The van der Waals surface area contributed by atoms with Gasteiger partial charge in [-0.1, -0.05) is 25.6 Å². The quantitative estimate of drug-likeness (QED) is 0.811. The Morgan fingerprint density at radius 1 is 1.46 bits per heavy atom. The number of hydrogen-bond donors (Lipinski definition) is 1. The molecule has 0 spiro atoms. The van der Waals surface area contributed by atoms with Crippen LogP contribution in [0.15, 0.2) is 36.9 Å². The highest BCUT2D eigenvalue weighted by Crippen LogP contribution is 2.33. The Kier molecular flexibility index (Phi) is 5.06. The Morgan fingerprint density at radius 3 is 2.79 bits per heavy atom. The van der Waals surface area contributed by atoms with Gasteiger partial charge in [0.2, 0.25) is 11.7 Å². The van der Waals surface area contributed by atoms with Gasteiger partial charge in [0.05, 0.1) is 5.54 Å². The predicted octanol–water partition coefficient (Wildman–Crippen LogP) is 3.35. The summed E-state index contributed by atoms with van der Waals surface area (Å²) < 4.78 is 28.2. The molecule has 130 valence electrons. The van der Waals surface area contributed by atoms with Crippen LogP contribution in [0, 0.1) is 0 Å². The van der Waals surface area contributed by atoms with E-state index in [0.29, 0.717) is 25.2 Å². The zero-order chi connectivity index (χ0) is 18.0. The van der Waals surface area contributed by atoms with Crippen LogP contribution in [0.1, 0.15) is 32.3 Å². The van der Waals surface area contributed by atoms with Crippen molar-refractivity contribution in [2.75, 3.05) is 18.4 Å². The summed E-state index contributed by atoms with van der Waals surface area (Å²) >= 11 is 0. The molecule has 0 aliphatic carbocycles. The van der Waals surface area contributed by atoms with Crippen LogP contribution in [0.4, 0.5) is 14.5 Å². The van der Waals surface area contributed by atoms with Gasteiger partial charge in [0.1, 0.15) is 0 Å². The number of likely N-dealkylation sites (tertiary alicyclic amines) is 1. The van der Waals surface area contributed by atoms with Gasteiger partial charge < -0.3 is 10.2 Å². The molecular weight excluding hydrogens is 314 g/mol. The first-order chi connectivity index (χ1) is 11.2. The van der Waals surface area contributed by atoms with Gasteiger partial charge in [0, 0.05) is 30.8 Å². The molecule has 1 unspecified atom stereocenters. The van der Waals surface area contributed by atoms with E-state index >= 15 is 0 Å². The molecule has 24 heavy (non-hydrogen) atoms. The lowest BCUT2D eigenvalue weighted by Crippen LogP contribution is -2.39. The average Bonchev–Trinajstić information content (AvgIpc) is 2.95. The van der Waals surface area contributed by atoms with Crippen molar-refractivity contribution in [3.8, 4) is 0 Å². The molecule has 0 saturated carbocycles. The molecule has 1 N–H and O–H groups in total. The van der Waals surface area contributed by atoms with E-state index in [1.54, 1.807) is 11.0 Å². The maximum absolute atomic E-state index is 14.1. The molecule has 2 rings (SSSR count). The molecular formula is C18H22F2N2O2. The fraction of sp³-hybridized carbons (Fsp3) is 0.444. The molecule has 1 aromatic rings. The number of alkyl halides is 2. The van der Waals surface area contributed by atoms with Crippen molar-refractivity contribution < 1.29 is 18.4 Å². The molecule has 6 heteroatoms. The summed E-state index contributed by atoms with van der Waals surface area (Å²) in [4.78, 5) is 24.8. The number of halogens is 2. The van der Waals surface area contributed by atoms with Crippen LogP contribution < -0.4 is 5.32 Å². The van der Waals surface area contributed by atoms with Crippen molar-refractivity contribution in [2.24, 2.45) is 0 Å². The first kappa shape index (κ1) is 18.1. The van der Waals surface area contributed by atoms with Crippen LogP contribution in [-0.2, 0) is 15.5 Å². The number of nitrogens with one attached hydrogen (secondary N) is 1. The molecule has 1 aliphatic rings. The van der Waals surface area contributed by atoms with Gasteiger partial charge in [-0.05, 0) is 31.6 Å². The zero-order valence-corrected chi connectivity index (χ0v) is 13.9. The van der Waals surface area contributed by atoms with Crippen LogP contribution >= 0.6 is 0 Å². The molecule has 0 bridgehead atoms. The van der Waals surface area contributed by atoms with Crippen molar-refractivity contribution in [3.05, 3.63) is 42.5 Å². The van der Waals surface area contributed by atoms with Gasteiger partial charge in [-0.2, -0.15) is 8.78 Å². The van der Waals surface area contributed by atoms with Gasteiger partial charge in [0.15, 0.2) is 0 Å². The fourth-order valence-electron chi connectivity index (χ4n) is 2.90. The van der Waals surface area contributed by atoms with E-state index in [2.05, 4.69) is 11.9 Å². The smallest absolute Gasteiger partial charge is 0.330 e. The topological polar surface area (TPSA) is 49.4 Å². The van der Waals surface area contributed by atoms with Crippen LogP contribution in [0.3, 0.4) is 0 Å². The highest BCUT2D eigenvalue weighted by atomic mass is 19.3. The van der Waals surface area contributed by atoms with Crippen molar-refractivity contribution in [3.63, 3.8) is 0 Å². The van der Waals surface area contributed by atoms with Gasteiger partial charge in [0.25, 0.3) is 0 Å². The third-order valence-corrected chi connectivity index (χ3v) is 4.30. The number of hydrogen-bond acceptors (Lipinski definition) is 3. The second-order valence-corrected chi connectivity index (χ2v) is 6.33. The number of rotatable bonds is 6. The SMILES string of the molecule is C=CC(=O)N1CCC(C)(Nc2cccc(C(F)(F)C(=O)CC)c2)C1. The van der Waals surface area contributed by atoms with E-state index in [9.17, 15) is 18.4 Å².